The molecule has 1 aliphatic rings. The van der Waals surface area contributed by atoms with Crippen LogP contribution in [0.15, 0.2) is 48.5 Å². The summed E-state index contributed by atoms with van der Waals surface area (Å²) in [5.41, 5.74) is 1.15. The maximum absolute atomic E-state index is 12.4. The third-order valence-electron chi connectivity index (χ3n) is 4.68. The first-order valence-electron chi connectivity index (χ1n) is 8.97. The molecule has 138 valence electrons. The number of methoxy groups -OCH3 is 1. The van der Waals surface area contributed by atoms with Gasteiger partial charge in [0, 0.05) is 37.4 Å². The van der Waals surface area contributed by atoms with E-state index in [-0.39, 0.29) is 12.0 Å². The number of piperidine rings is 1. The highest BCUT2D eigenvalue weighted by Crippen LogP contribution is 2.22. The zero-order valence-electron chi connectivity index (χ0n) is 15.0. The number of benzene rings is 2. The Morgan fingerprint density at radius 3 is 2.50 bits per heavy atom. The number of aryl methyl sites for hydroxylation is 1. The lowest BCUT2D eigenvalue weighted by atomic mass is 10.1. The molecule has 0 radical (unpaired) electrons. The molecule has 0 aliphatic carbocycles. The quantitative estimate of drug-likeness (QED) is 0.755. The summed E-state index contributed by atoms with van der Waals surface area (Å²) in [5.74, 6) is 1.84. The fourth-order valence-electron chi connectivity index (χ4n) is 3.16. The molecule has 26 heavy (non-hydrogen) atoms. The second kappa shape index (κ2) is 8.95. The molecule has 3 rings (SSSR count). The van der Waals surface area contributed by atoms with E-state index < -0.39 is 0 Å². The number of rotatable bonds is 6. The lowest BCUT2D eigenvalue weighted by molar-refractivity contribution is -0.132. The molecule has 0 bridgehead atoms. The Bertz CT molecular complexity index is 724. The Kier molecular flexibility index (Phi) is 6.40. The van der Waals surface area contributed by atoms with E-state index >= 15 is 0 Å². The third kappa shape index (κ3) is 5.15. The second-order valence-electron chi connectivity index (χ2n) is 6.50. The van der Waals surface area contributed by atoms with Crippen LogP contribution in [0.3, 0.4) is 0 Å². The Balaban J connectivity index is 1.42. The van der Waals surface area contributed by atoms with Crippen LogP contribution in [0.5, 0.6) is 11.5 Å². The first-order chi connectivity index (χ1) is 12.6. The predicted molar refractivity (Wildman–Crippen MR) is 103 cm³/mol. The van der Waals surface area contributed by atoms with Crippen LogP contribution in [0.2, 0.25) is 5.02 Å². The second-order valence-corrected chi connectivity index (χ2v) is 6.94. The van der Waals surface area contributed by atoms with Gasteiger partial charge in [-0.1, -0.05) is 29.8 Å². The van der Waals surface area contributed by atoms with Gasteiger partial charge in [-0.3, -0.25) is 4.79 Å². The van der Waals surface area contributed by atoms with Crippen molar-refractivity contribution >= 4 is 17.5 Å². The molecule has 2 aromatic rings. The highest BCUT2D eigenvalue weighted by molar-refractivity contribution is 6.30. The zero-order valence-corrected chi connectivity index (χ0v) is 15.7. The molecule has 0 atom stereocenters. The molecule has 1 aliphatic heterocycles. The van der Waals surface area contributed by atoms with Crippen molar-refractivity contribution in [2.24, 2.45) is 0 Å². The molecule has 0 saturated carbocycles. The average molecular weight is 374 g/mol. The Hall–Kier alpha value is -2.20. The van der Waals surface area contributed by atoms with E-state index in [1.54, 1.807) is 7.11 Å². The van der Waals surface area contributed by atoms with Crippen LogP contribution in [0, 0.1) is 0 Å². The fourth-order valence-corrected chi connectivity index (χ4v) is 3.34. The molecule has 2 aromatic carbocycles. The van der Waals surface area contributed by atoms with Crippen LogP contribution in [0.1, 0.15) is 24.8 Å². The van der Waals surface area contributed by atoms with Gasteiger partial charge in [-0.2, -0.15) is 0 Å². The number of carbonyl (C=O) groups is 1. The summed E-state index contributed by atoms with van der Waals surface area (Å²) in [6, 6.07) is 15.3. The van der Waals surface area contributed by atoms with Crippen molar-refractivity contribution in [1.82, 2.24) is 4.90 Å². The highest BCUT2D eigenvalue weighted by Gasteiger charge is 2.23. The van der Waals surface area contributed by atoms with Gasteiger partial charge in [0.15, 0.2) is 0 Å². The smallest absolute Gasteiger partial charge is 0.222 e. The molecule has 4 nitrogen and oxygen atoms in total. The van der Waals surface area contributed by atoms with Crippen LogP contribution in [0.25, 0.3) is 0 Å². The SMILES string of the molecule is COc1ccc(CCC(=O)N2CCC(Oc3cccc(Cl)c3)CC2)cc1. The molecule has 0 aromatic heterocycles. The maximum Gasteiger partial charge on any atom is 0.222 e. The molecule has 1 fully saturated rings. The Labute approximate surface area is 159 Å². The predicted octanol–water partition coefficient (Wildman–Crippen LogP) is 4.35. The van der Waals surface area contributed by atoms with Gasteiger partial charge >= 0.3 is 0 Å². The molecule has 1 heterocycles. The van der Waals surface area contributed by atoms with E-state index in [1.807, 2.05) is 53.4 Å². The molecule has 0 N–H and O–H groups in total. The fraction of sp³-hybridized carbons (Fsp3) is 0.381. The zero-order chi connectivity index (χ0) is 18.4. The number of hydrogen-bond acceptors (Lipinski definition) is 3. The lowest BCUT2D eigenvalue weighted by Gasteiger charge is -2.32. The van der Waals surface area contributed by atoms with Gasteiger partial charge in [0.1, 0.15) is 17.6 Å². The van der Waals surface area contributed by atoms with E-state index in [0.717, 1.165) is 49.4 Å². The highest BCUT2D eigenvalue weighted by atomic mass is 35.5. The Morgan fingerprint density at radius 1 is 1.12 bits per heavy atom. The minimum absolute atomic E-state index is 0.138. The average Bonchev–Trinajstić information content (AvgIpc) is 2.67. The van der Waals surface area contributed by atoms with E-state index in [2.05, 4.69) is 0 Å². The van der Waals surface area contributed by atoms with Crippen molar-refractivity contribution in [1.29, 1.82) is 0 Å². The van der Waals surface area contributed by atoms with Gasteiger partial charge in [-0.25, -0.2) is 0 Å². The number of amides is 1. The van der Waals surface area contributed by atoms with E-state index in [4.69, 9.17) is 21.1 Å². The first kappa shape index (κ1) is 18.6. The maximum atomic E-state index is 12.4. The normalized spacial score (nSPS) is 14.9. The summed E-state index contributed by atoms with van der Waals surface area (Å²) < 4.78 is 11.1. The summed E-state index contributed by atoms with van der Waals surface area (Å²) in [7, 11) is 1.65. The molecular weight excluding hydrogens is 350 g/mol. The molecule has 5 heteroatoms. The molecule has 1 amide bonds. The first-order valence-corrected chi connectivity index (χ1v) is 9.35. The van der Waals surface area contributed by atoms with Crippen molar-refractivity contribution in [2.75, 3.05) is 20.2 Å². The number of halogens is 1. The summed E-state index contributed by atoms with van der Waals surface area (Å²) in [5, 5.41) is 0.675. The van der Waals surface area contributed by atoms with Crippen LogP contribution in [-0.4, -0.2) is 37.1 Å². The number of ether oxygens (including phenoxy) is 2. The third-order valence-corrected chi connectivity index (χ3v) is 4.92. The van der Waals surface area contributed by atoms with Crippen molar-refractivity contribution < 1.29 is 14.3 Å². The molecule has 0 unspecified atom stereocenters. The summed E-state index contributed by atoms with van der Waals surface area (Å²) in [6.45, 7) is 1.49. The lowest BCUT2D eigenvalue weighted by Crippen LogP contribution is -2.41. The van der Waals surface area contributed by atoms with E-state index in [1.165, 1.54) is 0 Å². The van der Waals surface area contributed by atoms with E-state index in [9.17, 15) is 4.79 Å². The topological polar surface area (TPSA) is 38.8 Å². The largest absolute Gasteiger partial charge is 0.497 e. The van der Waals surface area contributed by atoms with Crippen molar-refractivity contribution in [3.63, 3.8) is 0 Å². The standard InChI is InChI=1S/C21H24ClNO3/c1-25-18-8-5-16(6-9-18)7-10-21(24)23-13-11-19(12-14-23)26-20-4-2-3-17(22)15-20/h2-6,8-9,15,19H,7,10-14H2,1H3. The van der Waals surface area contributed by atoms with Gasteiger partial charge in [-0.15, -0.1) is 0 Å². The molecular formula is C21H24ClNO3. The van der Waals surface area contributed by atoms with Crippen molar-refractivity contribution in [3.05, 3.63) is 59.1 Å². The number of nitrogens with zero attached hydrogens (tertiary/aromatic N) is 1. The van der Waals surface area contributed by atoms with Gasteiger partial charge in [0.2, 0.25) is 5.91 Å². The van der Waals surface area contributed by atoms with Crippen LogP contribution < -0.4 is 9.47 Å². The van der Waals surface area contributed by atoms with Crippen LogP contribution in [0.4, 0.5) is 0 Å². The van der Waals surface area contributed by atoms with Gasteiger partial charge in [-0.05, 0) is 42.3 Å². The number of hydrogen-bond donors (Lipinski definition) is 0. The monoisotopic (exact) mass is 373 g/mol. The van der Waals surface area contributed by atoms with Gasteiger partial charge < -0.3 is 14.4 Å². The minimum atomic E-state index is 0.138. The van der Waals surface area contributed by atoms with Crippen LogP contribution >= 0.6 is 11.6 Å². The van der Waals surface area contributed by atoms with Gasteiger partial charge in [0.25, 0.3) is 0 Å². The summed E-state index contributed by atoms with van der Waals surface area (Å²) in [6.07, 6.45) is 3.12. The van der Waals surface area contributed by atoms with E-state index in [0.29, 0.717) is 11.4 Å². The molecule has 1 saturated heterocycles. The van der Waals surface area contributed by atoms with Crippen molar-refractivity contribution in [2.45, 2.75) is 31.8 Å². The minimum Gasteiger partial charge on any atom is -0.497 e. The summed E-state index contributed by atoms with van der Waals surface area (Å²) in [4.78, 5) is 14.4. The van der Waals surface area contributed by atoms with Gasteiger partial charge in [0.05, 0.1) is 7.11 Å². The van der Waals surface area contributed by atoms with Crippen LogP contribution in [-0.2, 0) is 11.2 Å². The Morgan fingerprint density at radius 2 is 1.85 bits per heavy atom. The number of likely N-dealkylation sites (tertiary alicyclic amines) is 1. The van der Waals surface area contributed by atoms with Crippen molar-refractivity contribution in [3.8, 4) is 11.5 Å². The number of carbonyl (C=O) groups excluding carboxylic acids is 1. The molecule has 0 spiro atoms. The summed E-state index contributed by atoms with van der Waals surface area (Å²) >= 11 is 5.99.